The van der Waals surface area contributed by atoms with Crippen LogP contribution in [0.5, 0.6) is 0 Å². The quantitative estimate of drug-likeness (QED) is 0.133. The van der Waals surface area contributed by atoms with Gasteiger partial charge >= 0.3 is 21.7 Å². The van der Waals surface area contributed by atoms with Crippen molar-refractivity contribution < 1.29 is 58.9 Å². The minimum absolute atomic E-state index is 0. The molecule has 0 saturated heterocycles. The number of hydrogen-bond donors (Lipinski definition) is 0. The van der Waals surface area contributed by atoms with E-state index in [1.54, 1.807) is 0 Å². The topological polar surface area (TPSA) is 0 Å². The van der Waals surface area contributed by atoms with E-state index < -0.39 is 8.07 Å². The van der Waals surface area contributed by atoms with Gasteiger partial charge in [0.2, 0.25) is 0 Å². The molecule has 1 unspecified atom stereocenters. The molecule has 0 bridgehead atoms. The summed E-state index contributed by atoms with van der Waals surface area (Å²) in [7, 11) is -2.57. The zero-order chi connectivity index (χ0) is 24.0. The Kier molecular flexibility index (Phi) is 12.4. The molecule has 0 amide bonds. The van der Waals surface area contributed by atoms with Crippen LogP contribution in [0.2, 0.25) is 0 Å². The van der Waals surface area contributed by atoms with Crippen LogP contribution < -0.4 is 52.8 Å². The number of allylic oxidation sites excluding steroid dienone is 1. The van der Waals surface area contributed by atoms with Gasteiger partial charge in [0.15, 0.2) is 0 Å². The molecule has 0 radical (unpaired) electrons. The van der Waals surface area contributed by atoms with Crippen molar-refractivity contribution in [1.29, 1.82) is 0 Å². The van der Waals surface area contributed by atoms with Crippen LogP contribution in [0, 0.1) is 47.6 Å². The van der Waals surface area contributed by atoms with Gasteiger partial charge < -0.3 is 37.2 Å². The third-order valence-corrected chi connectivity index (χ3v) is 12.1. The smallest absolute Gasteiger partial charge is 1.00 e. The minimum Gasteiger partial charge on any atom is -1.00 e. The van der Waals surface area contributed by atoms with Gasteiger partial charge in [-0.25, -0.2) is 6.08 Å². The van der Waals surface area contributed by atoms with Crippen LogP contribution in [-0.4, -0.2) is 8.07 Å². The molecule has 1 atom stereocenters. The molecule has 0 fully saturated rings. The van der Waals surface area contributed by atoms with E-state index in [0.717, 1.165) is 0 Å². The Bertz CT molecular complexity index is 1260. The monoisotopic (exact) mass is 610 g/mol. The van der Waals surface area contributed by atoms with Gasteiger partial charge in [0.05, 0.1) is 0 Å². The minimum atomic E-state index is -2.57. The van der Waals surface area contributed by atoms with Crippen molar-refractivity contribution in [2.24, 2.45) is 0 Å². The Morgan fingerprint density at radius 3 is 1.24 bits per heavy atom. The molecule has 1 aliphatic carbocycles. The molecule has 0 aliphatic heterocycles. The van der Waals surface area contributed by atoms with Crippen molar-refractivity contribution in [3.63, 3.8) is 0 Å². The van der Waals surface area contributed by atoms with Crippen molar-refractivity contribution in [2.75, 3.05) is 0 Å². The standard InChI is InChI=1S/C33H33Si.3ClH.Ti/c1-22-13-23(2)17-29(16-22)34(30-18-24(3)14-25(4)19-30,31-20-26(5)15-27(6)21-31)33-12-11-28-9-7-8-10-32(28)33;;;;/h7-11,13-21,33H,1-6H3;3*1H;/q-1;;;;+4/p-3. The fraction of sp³-hybridized carbons (Fsp3) is 0.212. The summed E-state index contributed by atoms with van der Waals surface area (Å²) >= 11 is 0. The summed E-state index contributed by atoms with van der Waals surface area (Å²) in [4.78, 5) is 0. The summed E-state index contributed by atoms with van der Waals surface area (Å²) < 4.78 is 0. The molecule has 5 heteroatoms. The van der Waals surface area contributed by atoms with Crippen LogP contribution in [0.15, 0.2) is 78.9 Å². The first-order valence-electron chi connectivity index (χ1n) is 12.2. The molecular weight excluding hydrogens is 579 g/mol. The fourth-order valence-corrected chi connectivity index (χ4v) is 11.9. The Hall–Kier alpha value is -1.58. The maximum atomic E-state index is 3.91. The molecule has 38 heavy (non-hydrogen) atoms. The molecule has 0 spiro atoms. The summed E-state index contributed by atoms with van der Waals surface area (Å²) in [5, 5.41) is 4.42. The first-order chi connectivity index (χ1) is 16.3. The molecule has 4 aromatic carbocycles. The second kappa shape index (κ2) is 13.7. The Morgan fingerprint density at radius 1 is 0.526 bits per heavy atom. The van der Waals surface area contributed by atoms with Gasteiger partial charge in [-0.15, -0.1) is 11.6 Å². The van der Waals surface area contributed by atoms with Gasteiger partial charge in [-0.05, 0) is 57.1 Å². The van der Waals surface area contributed by atoms with Gasteiger partial charge in [0.1, 0.15) is 8.07 Å². The van der Waals surface area contributed by atoms with Crippen molar-refractivity contribution in [2.45, 2.75) is 47.1 Å². The Balaban J connectivity index is 0.00000180. The molecule has 194 valence electrons. The van der Waals surface area contributed by atoms with Gasteiger partial charge in [-0.2, -0.15) is 5.56 Å². The first kappa shape index (κ1) is 34.4. The summed E-state index contributed by atoms with van der Waals surface area (Å²) in [5.41, 5.74) is 10.9. The number of halogens is 3. The van der Waals surface area contributed by atoms with E-state index in [0.29, 0.717) is 0 Å². The number of hydrogen-bond acceptors (Lipinski definition) is 0. The Labute approximate surface area is 263 Å². The zero-order valence-corrected chi connectivity index (χ0v) is 27.6. The molecule has 5 rings (SSSR count). The van der Waals surface area contributed by atoms with E-state index in [9.17, 15) is 0 Å². The number of rotatable bonds is 4. The van der Waals surface area contributed by atoms with Gasteiger partial charge in [-0.3, -0.25) is 6.08 Å². The summed E-state index contributed by atoms with van der Waals surface area (Å²) in [5.74, 6) is 0. The zero-order valence-electron chi connectivity index (χ0n) is 22.8. The molecule has 0 heterocycles. The van der Waals surface area contributed by atoms with E-state index in [1.807, 2.05) is 0 Å². The van der Waals surface area contributed by atoms with E-state index in [4.69, 9.17) is 0 Å². The SMILES string of the molecule is Cc1cc(C)cc([Si](c2cc(C)cc(C)c2)(c2cc(C)cc(C)c2)C2[C-]=Cc3ccccc32)c1.[Cl-].[Cl-].[Cl-].[Ti+4]. The van der Waals surface area contributed by atoms with Crippen molar-refractivity contribution in [1.82, 2.24) is 0 Å². The molecule has 1 aliphatic rings. The van der Waals surface area contributed by atoms with Crippen LogP contribution in [0.25, 0.3) is 6.08 Å². The second-order valence-corrected chi connectivity index (χ2v) is 14.2. The van der Waals surface area contributed by atoms with Gasteiger partial charge in [0.25, 0.3) is 0 Å². The van der Waals surface area contributed by atoms with Crippen LogP contribution >= 0.6 is 0 Å². The second-order valence-electron chi connectivity index (χ2n) is 10.3. The first-order valence-corrected chi connectivity index (χ1v) is 14.3. The van der Waals surface area contributed by atoms with Gasteiger partial charge in [-0.1, -0.05) is 112 Å². The summed E-state index contributed by atoms with van der Waals surface area (Å²) in [6.45, 7) is 13.4. The van der Waals surface area contributed by atoms with Gasteiger partial charge in [0, 0.05) is 0 Å². The van der Waals surface area contributed by atoms with Crippen LogP contribution in [0.4, 0.5) is 0 Å². The molecular formula is C33H33Cl3SiTi. The summed E-state index contributed by atoms with van der Waals surface area (Å²) in [6.07, 6.45) is 6.14. The molecule has 0 saturated carbocycles. The predicted molar refractivity (Wildman–Crippen MR) is 149 cm³/mol. The maximum Gasteiger partial charge on any atom is 4.00 e. The largest absolute Gasteiger partial charge is 4.00 e. The van der Waals surface area contributed by atoms with E-state index in [2.05, 4.69) is 133 Å². The predicted octanol–water partition coefficient (Wildman–Crippen LogP) is -2.83. The maximum absolute atomic E-state index is 3.91. The third kappa shape index (κ3) is 6.25. The third-order valence-electron chi connectivity index (χ3n) is 7.18. The van der Waals surface area contributed by atoms with Crippen LogP contribution in [-0.2, 0) is 21.7 Å². The van der Waals surface area contributed by atoms with E-state index in [-0.39, 0.29) is 64.5 Å². The van der Waals surface area contributed by atoms with Crippen LogP contribution in [0.1, 0.15) is 50.0 Å². The number of benzene rings is 4. The van der Waals surface area contributed by atoms with E-state index >= 15 is 0 Å². The fourth-order valence-electron chi connectivity index (χ4n) is 6.13. The number of fused-ring (bicyclic) bond motifs is 1. The Morgan fingerprint density at radius 2 is 0.868 bits per heavy atom. The molecule has 4 aromatic rings. The molecule has 0 nitrogen and oxygen atoms in total. The van der Waals surface area contributed by atoms with Crippen LogP contribution in [0.3, 0.4) is 0 Å². The number of aryl methyl sites for hydroxylation is 6. The van der Waals surface area contributed by atoms with Crippen molar-refractivity contribution in [3.8, 4) is 0 Å². The average molecular weight is 612 g/mol. The van der Waals surface area contributed by atoms with Crippen molar-refractivity contribution >= 4 is 29.7 Å². The molecule has 0 aromatic heterocycles. The van der Waals surface area contributed by atoms with Crippen molar-refractivity contribution in [3.05, 3.63) is 129 Å². The normalized spacial score (nSPS) is 13.4. The van der Waals surface area contributed by atoms with E-state index in [1.165, 1.54) is 60.1 Å². The summed E-state index contributed by atoms with van der Waals surface area (Å²) in [6, 6.07) is 30.5. The molecule has 0 N–H and O–H groups in total. The average Bonchev–Trinajstić information content (AvgIpc) is 3.17.